The Morgan fingerprint density at radius 2 is 1.74 bits per heavy atom. The topological polar surface area (TPSA) is 94.4 Å². The van der Waals surface area contributed by atoms with E-state index in [4.69, 9.17) is 30.8 Å². The van der Waals surface area contributed by atoms with Gasteiger partial charge in [0.1, 0.15) is 11.4 Å². The van der Waals surface area contributed by atoms with Gasteiger partial charge in [-0.05, 0) is 96.0 Å². The van der Waals surface area contributed by atoms with Crippen LogP contribution < -0.4 is 10.2 Å². The van der Waals surface area contributed by atoms with Gasteiger partial charge in [0.05, 0.1) is 29.8 Å². The van der Waals surface area contributed by atoms with Crippen molar-refractivity contribution in [3.63, 3.8) is 0 Å². The lowest BCUT2D eigenvalue weighted by Gasteiger charge is -2.38. The average Bonchev–Trinajstić information content (AvgIpc) is 3.40. The lowest BCUT2D eigenvalue weighted by Crippen LogP contribution is -2.45. The van der Waals surface area contributed by atoms with E-state index in [1.54, 1.807) is 0 Å². The Kier molecular flexibility index (Phi) is 8.60. The number of ether oxygens (including phenoxy) is 1. The van der Waals surface area contributed by atoms with Crippen LogP contribution in [-0.4, -0.2) is 65.0 Å². The summed E-state index contributed by atoms with van der Waals surface area (Å²) >= 11 is 6.54. The standard InChI is InChI=1S/C28H47ClN6O3Si/c1-18-22-23(34-16-10-11-21(34)17-37-39(8,9)28(5,6)7)31-25(29)32-24(22)35(33-18)20-14-12-19(13-15-20)30-26(36)38-27(2,3)4/h19-21H,10-17H2,1-9H3,(H,30,36)/t19-,20-,21-/m0/s1. The van der Waals surface area contributed by atoms with Gasteiger partial charge in [-0.1, -0.05) is 20.8 Å². The summed E-state index contributed by atoms with van der Waals surface area (Å²) in [6, 6.07) is 0.539. The normalized spacial score (nSPS) is 22.9. The monoisotopic (exact) mass is 578 g/mol. The molecule has 0 bridgehead atoms. The fourth-order valence-electron chi connectivity index (χ4n) is 5.37. The van der Waals surface area contributed by atoms with Crippen molar-refractivity contribution < 1.29 is 14.0 Å². The van der Waals surface area contributed by atoms with Crippen LogP contribution in [0.25, 0.3) is 11.0 Å². The van der Waals surface area contributed by atoms with Crippen LogP contribution in [0.5, 0.6) is 0 Å². The predicted octanol–water partition coefficient (Wildman–Crippen LogP) is 6.79. The first kappa shape index (κ1) is 30.1. The second-order valence-electron chi connectivity index (χ2n) is 13.8. The van der Waals surface area contributed by atoms with Crippen LogP contribution in [-0.2, 0) is 9.16 Å². The van der Waals surface area contributed by atoms with Gasteiger partial charge in [-0.15, -0.1) is 0 Å². The van der Waals surface area contributed by atoms with E-state index in [1.165, 1.54) is 0 Å². The summed E-state index contributed by atoms with van der Waals surface area (Å²) in [6.45, 7) is 20.7. The van der Waals surface area contributed by atoms with Crippen LogP contribution in [0.3, 0.4) is 0 Å². The highest BCUT2D eigenvalue weighted by molar-refractivity contribution is 6.74. The summed E-state index contributed by atoms with van der Waals surface area (Å²) in [4.78, 5) is 24.0. The molecule has 2 fully saturated rings. The van der Waals surface area contributed by atoms with E-state index < -0.39 is 13.9 Å². The SMILES string of the molecule is Cc1nn([C@H]2CC[C@H](NC(=O)OC(C)(C)C)CC2)c2nc(Cl)nc(N3CCC[C@H]3CO[Si](C)(C)C(C)(C)C)c12. The number of carbonyl (C=O) groups is 1. The van der Waals surface area contributed by atoms with Gasteiger partial charge < -0.3 is 19.4 Å². The first-order valence-electron chi connectivity index (χ1n) is 14.4. The number of anilines is 1. The number of hydrogen-bond donors (Lipinski definition) is 1. The van der Waals surface area contributed by atoms with Gasteiger partial charge in [-0.2, -0.15) is 15.1 Å². The smallest absolute Gasteiger partial charge is 0.407 e. The molecule has 1 aliphatic carbocycles. The van der Waals surface area contributed by atoms with Crippen molar-refractivity contribution in [2.45, 2.75) is 129 Å². The van der Waals surface area contributed by atoms with Crippen LogP contribution in [0.1, 0.15) is 91.8 Å². The first-order valence-corrected chi connectivity index (χ1v) is 17.7. The van der Waals surface area contributed by atoms with Crippen LogP contribution in [0.4, 0.5) is 10.6 Å². The van der Waals surface area contributed by atoms with Gasteiger partial charge >= 0.3 is 6.09 Å². The number of fused-ring (bicyclic) bond motifs is 1. The van der Waals surface area contributed by atoms with Crippen molar-refractivity contribution >= 4 is 42.9 Å². The molecule has 1 aliphatic heterocycles. The zero-order chi connectivity index (χ0) is 28.8. The Balaban J connectivity index is 1.52. The van der Waals surface area contributed by atoms with Gasteiger partial charge in [0.25, 0.3) is 0 Å². The van der Waals surface area contributed by atoms with E-state index in [1.807, 2.05) is 32.4 Å². The van der Waals surface area contributed by atoms with E-state index in [0.29, 0.717) is 6.61 Å². The fraction of sp³-hybridized carbons (Fsp3) is 0.786. The van der Waals surface area contributed by atoms with Crippen molar-refractivity contribution in [3.05, 3.63) is 11.0 Å². The Bertz CT molecular complexity index is 1180. The minimum Gasteiger partial charge on any atom is -0.444 e. The first-order chi connectivity index (χ1) is 18.1. The Labute approximate surface area is 239 Å². The molecule has 39 heavy (non-hydrogen) atoms. The van der Waals surface area contributed by atoms with Gasteiger partial charge in [-0.3, -0.25) is 0 Å². The maximum atomic E-state index is 12.2. The molecular weight excluding hydrogens is 532 g/mol. The summed E-state index contributed by atoms with van der Waals surface area (Å²) in [6.07, 6.45) is 5.30. The second-order valence-corrected chi connectivity index (χ2v) is 18.9. The quantitative estimate of drug-likeness (QED) is 0.298. The van der Waals surface area contributed by atoms with Crippen molar-refractivity contribution in [2.24, 2.45) is 0 Å². The molecule has 0 spiro atoms. The summed E-state index contributed by atoms with van der Waals surface area (Å²) in [5, 5.41) is 9.38. The molecule has 9 nitrogen and oxygen atoms in total. The van der Waals surface area contributed by atoms with Crippen LogP contribution >= 0.6 is 11.6 Å². The highest BCUT2D eigenvalue weighted by atomic mass is 35.5. The number of alkyl carbamates (subject to hydrolysis) is 1. The number of rotatable bonds is 6. The number of nitrogens with one attached hydrogen (secondary N) is 1. The van der Waals surface area contributed by atoms with Gasteiger partial charge in [0, 0.05) is 12.6 Å². The summed E-state index contributed by atoms with van der Waals surface area (Å²) < 4.78 is 14.1. The summed E-state index contributed by atoms with van der Waals surface area (Å²) in [5.41, 5.74) is 1.21. The molecule has 218 valence electrons. The molecule has 2 aromatic rings. The molecule has 1 N–H and O–H groups in total. The molecule has 1 atom stereocenters. The molecule has 3 heterocycles. The number of aromatic nitrogens is 4. The molecule has 0 aromatic carbocycles. The van der Waals surface area contributed by atoms with Crippen molar-refractivity contribution in [1.29, 1.82) is 0 Å². The Morgan fingerprint density at radius 3 is 2.36 bits per heavy atom. The molecule has 0 unspecified atom stereocenters. The number of carbonyl (C=O) groups excluding carboxylic acids is 1. The third kappa shape index (κ3) is 6.88. The number of nitrogens with zero attached hydrogens (tertiary/aromatic N) is 5. The number of amides is 1. The number of aryl methyl sites for hydroxylation is 1. The van der Waals surface area contributed by atoms with Crippen molar-refractivity contribution in [1.82, 2.24) is 25.1 Å². The molecule has 1 amide bonds. The molecule has 0 radical (unpaired) electrons. The van der Waals surface area contributed by atoms with Crippen LogP contribution in [0.15, 0.2) is 0 Å². The Morgan fingerprint density at radius 1 is 1.08 bits per heavy atom. The third-order valence-corrected chi connectivity index (χ3v) is 13.2. The predicted molar refractivity (Wildman–Crippen MR) is 159 cm³/mol. The minimum absolute atomic E-state index is 0.0963. The fourth-order valence-corrected chi connectivity index (χ4v) is 6.57. The molecule has 4 rings (SSSR count). The maximum Gasteiger partial charge on any atom is 0.407 e. The lowest BCUT2D eigenvalue weighted by atomic mass is 9.91. The van der Waals surface area contributed by atoms with E-state index in [9.17, 15) is 4.79 Å². The van der Waals surface area contributed by atoms with Gasteiger partial charge in [0.2, 0.25) is 5.28 Å². The molecule has 11 heteroatoms. The van der Waals surface area contributed by atoms with Gasteiger partial charge in [0.15, 0.2) is 14.0 Å². The Hall–Kier alpha value is -1.91. The zero-order valence-electron chi connectivity index (χ0n) is 25.2. The third-order valence-electron chi connectivity index (χ3n) is 8.54. The lowest BCUT2D eigenvalue weighted by molar-refractivity contribution is 0.0487. The highest BCUT2D eigenvalue weighted by Crippen LogP contribution is 2.39. The van der Waals surface area contributed by atoms with Crippen molar-refractivity contribution in [2.75, 3.05) is 18.1 Å². The van der Waals surface area contributed by atoms with Crippen molar-refractivity contribution in [3.8, 4) is 0 Å². The summed E-state index contributed by atoms with van der Waals surface area (Å²) in [5.74, 6) is 0.871. The maximum absolute atomic E-state index is 12.2. The van der Waals surface area contributed by atoms with Gasteiger partial charge in [-0.25, -0.2) is 9.48 Å². The molecular formula is C28H47ClN6O3Si. The molecule has 2 aliphatic rings. The van der Waals surface area contributed by atoms with E-state index >= 15 is 0 Å². The number of hydrogen-bond acceptors (Lipinski definition) is 7. The van der Waals surface area contributed by atoms with Crippen LogP contribution in [0.2, 0.25) is 23.4 Å². The van der Waals surface area contributed by atoms with E-state index in [0.717, 1.165) is 67.6 Å². The number of halogens is 1. The minimum atomic E-state index is -1.86. The molecule has 2 aromatic heterocycles. The largest absolute Gasteiger partial charge is 0.444 e. The molecule has 1 saturated heterocycles. The average molecular weight is 579 g/mol. The highest BCUT2D eigenvalue weighted by Gasteiger charge is 2.39. The second kappa shape index (κ2) is 11.2. The molecule has 1 saturated carbocycles. The van der Waals surface area contributed by atoms with E-state index in [-0.39, 0.29) is 34.5 Å². The zero-order valence-corrected chi connectivity index (χ0v) is 27.0. The van der Waals surface area contributed by atoms with E-state index in [2.05, 4.69) is 49.1 Å². The summed E-state index contributed by atoms with van der Waals surface area (Å²) in [7, 11) is -1.86. The van der Waals surface area contributed by atoms with Crippen LogP contribution in [0, 0.1) is 6.92 Å².